The fourth-order valence-electron chi connectivity index (χ4n) is 3.89. The van der Waals surface area contributed by atoms with E-state index in [0.29, 0.717) is 30.0 Å². The zero-order chi connectivity index (χ0) is 20.1. The van der Waals surface area contributed by atoms with Gasteiger partial charge in [0.05, 0.1) is 11.9 Å². The van der Waals surface area contributed by atoms with Crippen LogP contribution >= 0.6 is 0 Å². The van der Waals surface area contributed by atoms with Crippen molar-refractivity contribution in [3.8, 4) is 22.8 Å². The Labute approximate surface area is 164 Å². The monoisotopic (exact) mass is 391 g/mol. The van der Waals surface area contributed by atoms with Crippen molar-refractivity contribution in [1.29, 1.82) is 0 Å². The highest BCUT2D eigenvalue weighted by molar-refractivity contribution is 6.05. The maximum atomic E-state index is 12.8. The lowest BCUT2D eigenvalue weighted by Crippen LogP contribution is -2.52. The van der Waals surface area contributed by atoms with Gasteiger partial charge in [-0.15, -0.1) is 0 Å². The molecule has 146 valence electrons. The lowest BCUT2D eigenvalue weighted by Gasteiger charge is -2.29. The fourth-order valence-corrected chi connectivity index (χ4v) is 3.89. The quantitative estimate of drug-likeness (QED) is 0.631. The number of carbonyl (C=O) groups excluding carboxylic acids is 3. The Morgan fingerprint density at radius 2 is 2.03 bits per heavy atom. The molecule has 0 bridgehead atoms. The van der Waals surface area contributed by atoms with Gasteiger partial charge in [0.25, 0.3) is 5.91 Å². The standard InChI is InChI=1S/C19H17N7O3/c1-25-9-14(21-17(25)13-7-20-24-23-13)10-2-3-12-11(6-10)8-26(19(12)29)15-4-5-16(27)22-18(15)28/h2-3,6-7,9,15H,4-5,8H2,1H3,(H,20,23,24)(H,22,27,28). The largest absolute Gasteiger partial charge is 0.332 e. The first-order valence-corrected chi connectivity index (χ1v) is 9.19. The summed E-state index contributed by atoms with van der Waals surface area (Å²) < 4.78 is 1.86. The van der Waals surface area contributed by atoms with Gasteiger partial charge >= 0.3 is 0 Å². The molecule has 0 spiro atoms. The van der Waals surface area contributed by atoms with Crippen LogP contribution < -0.4 is 5.32 Å². The van der Waals surface area contributed by atoms with Crippen molar-refractivity contribution in [1.82, 2.24) is 35.2 Å². The van der Waals surface area contributed by atoms with Crippen molar-refractivity contribution >= 4 is 17.7 Å². The van der Waals surface area contributed by atoms with Crippen molar-refractivity contribution in [2.45, 2.75) is 25.4 Å². The molecule has 0 saturated carbocycles. The number of aryl methyl sites for hydroxylation is 1. The number of rotatable bonds is 3. The normalized spacial score (nSPS) is 18.9. The predicted octanol–water partition coefficient (Wildman–Crippen LogP) is 0.633. The highest BCUT2D eigenvalue weighted by Gasteiger charge is 2.39. The van der Waals surface area contributed by atoms with Crippen molar-refractivity contribution in [2.75, 3.05) is 0 Å². The van der Waals surface area contributed by atoms with Crippen LogP contribution in [0.2, 0.25) is 0 Å². The number of benzene rings is 1. The van der Waals surface area contributed by atoms with Crippen molar-refractivity contribution < 1.29 is 14.4 Å². The average molecular weight is 391 g/mol. The molecule has 0 aliphatic carbocycles. The third-order valence-electron chi connectivity index (χ3n) is 5.34. The van der Waals surface area contributed by atoms with Gasteiger partial charge in [-0.1, -0.05) is 6.07 Å². The summed E-state index contributed by atoms with van der Waals surface area (Å²) in [4.78, 5) is 42.6. The van der Waals surface area contributed by atoms with Gasteiger partial charge in [0.1, 0.15) is 11.7 Å². The molecule has 1 saturated heterocycles. The van der Waals surface area contributed by atoms with Gasteiger partial charge < -0.3 is 9.47 Å². The summed E-state index contributed by atoms with van der Waals surface area (Å²) in [5, 5.41) is 12.8. The zero-order valence-electron chi connectivity index (χ0n) is 15.5. The number of aromatic amines is 1. The molecule has 5 rings (SSSR count). The maximum absolute atomic E-state index is 12.8. The highest BCUT2D eigenvalue weighted by atomic mass is 16.2. The number of fused-ring (bicyclic) bond motifs is 1. The van der Waals surface area contributed by atoms with E-state index in [1.54, 1.807) is 12.3 Å². The molecule has 1 atom stereocenters. The maximum Gasteiger partial charge on any atom is 0.255 e. The molecule has 2 aliphatic heterocycles. The number of hydrogen-bond acceptors (Lipinski definition) is 6. The molecule has 2 aliphatic rings. The third-order valence-corrected chi connectivity index (χ3v) is 5.34. The van der Waals surface area contributed by atoms with Crippen LogP contribution in [0, 0.1) is 0 Å². The van der Waals surface area contributed by atoms with E-state index in [9.17, 15) is 14.4 Å². The molecule has 2 aromatic heterocycles. The van der Waals surface area contributed by atoms with E-state index in [1.807, 2.05) is 29.9 Å². The van der Waals surface area contributed by atoms with E-state index in [2.05, 4.69) is 25.7 Å². The summed E-state index contributed by atoms with van der Waals surface area (Å²) in [6, 6.07) is 4.92. The van der Waals surface area contributed by atoms with Crippen LogP contribution in [0.3, 0.4) is 0 Å². The average Bonchev–Trinajstić information content (AvgIpc) is 3.41. The lowest BCUT2D eigenvalue weighted by molar-refractivity contribution is -0.136. The minimum Gasteiger partial charge on any atom is -0.332 e. The van der Waals surface area contributed by atoms with Gasteiger partial charge in [-0.05, 0) is 24.1 Å². The predicted molar refractivity (Wildman–Crippen MR) is 100 cm³/mol. The number of imide groups is 1. The molecule has 10 nitrogen and oxygen atoms in total. The van der Waals surface area contributed by atoms with Gasteiger partial charge in [-0.25, -0.2) is 4.98 Å². The Balaban J connectivity index is 1.44. The molecule has 4 heterocycles. The third kappa shape index (κ3) is 2.80. The second-order valence-electron chi connectivity index (χ2n) is 7.19. The number of hydrogen-bond donors (Lipinski definition) is 2. The Kier molecular flexibility index (Phi) is 3.79. The van der Waals surface area contributed by atoms with Crippen LogP contribution in [0.25, 0.3) is 22.8 Å². The van der Waals surface area contributed by atoms with Crippen LogP contribution in [0.5, 0.6) is 0 Å². The minimum atomic E-state index is -0.621. The number of nitrogens with zero attached hydrogens (tertiary/aromatic N) is 5. The van der Waals surface area contributed by atoms with E-state index in [-0.39, 0.29) is 18.2 Å². The summed E-state index contributed by atoms with van der Waals surface area (Å²) in [5.41, 5.74) is 3.67. The van der Waals surface area contributed by atoms with Gasteiger partial charge in [0.2, 0.25) is 11.8 Å². The summed E-state index contributed by atoms with van der Waals surface area (Å²) in [5.74, 6) is -0.221. The van der Waals surface area contributed by atoms with E-state index in [0.717, 1.165) is 16.8 Å². The summed E-state index contributed by atoms with van der Waals surface area (Å²) in [7, 11) is 1.88. The molecule has 10 heteroatoms. The first-order valence-electron chi connectivity index (χ1n) is 9.19. The molecule has 1 aromatic carbocycles. The van der Waals surface area contributed by atoms with Crippen LogP contribution in [0.4, 0.5) is 0 Å². The summed E-state index contributed by atoms with van der Waals surface area (Å²) in [6.45, 7) is 0.331. The molecule has 2 N–H and O–H groups in total. The Bertz CT molecular complexity index is 1150. The van der Waals surface area contributed by atoms with Crippen LogP contribution in [-0.2, 0) is 23.2 Å². The number of amides is 3. The summed E-state index contributed by atoms with van der Waals surface area (Å²) in [6.07, 6.45) is 4.07. The van der Waals surface area contributed by atoms with Crippen molar-refractivity contribution in [3.05, 3.63) is 41.7 Å². The number of piperidine rings is 1. The second-order valence-corrected chi connectivity index (χ2v) is 7.19. The molecular weight excluding hydrogens is 374 g/mol. The van der Waals surface area contributed by atoms with E-state index >= 15 is 0 Å². The molecule has 29 heavy (non-hydrogen) atoms. The fraction of sp³-hybridized carbons (Fsp3) is 0.263. The lowest BCUT2D eigenvalue weighted by atomic mass is 10.0. The number of carbonyl (C=O) groups is 3. The number of H-pyrrole nitrogens is 1. The molecule has 3 aromatic rings. The van der Waals surface area contributed by atoms with Crippen LogP contribution in [0.1, 0.15) is 28.8 Å². The molecule has 1 unspecified atom stereocenters. The number of aromatic nitrogens is 5. The number of nitrogens with one attached hydrogen (secondary N) is 2. The Morgan fingerprint density at radius 1 is 1.17 bits per heavy atom. The first kappa shape index (κ1) is 17.3. The van der Waals surface area contributed by atoms with Gasteiger partial charge in [-0.2, -0.15) is 15.4 Å². The van der Waals surface area contributed by atoms with Crippen LogP contribution in [-0.4, -0.2) is 53.6 Å². The first-order chi connectivity index (χ1) is 14.0. The molecule has 0 radical (unpaired) electrons. The van der Waals surface area contributed by atoms with Crippen LogP contribution in [0.15, 0.2) is 30.6 Å². The van der Waals surface area contributed by atoms with E-state index < -0.39 is 11.9 Å². The van der Waals surface area contributed by atoms with Crippen molar-refractivity contribution in [2.24, 2.45) is 7.05 Å². The minimum absolute atomic E-state index is 0.189. The zero-order valence-corrected chi connectivity index (χ0v) is 15.5. The smallest absolute Gasteiger partial charge is 0.255 e. The van der Waals surface area contributed by atoms with Gasteiger partial charge in [0, 0.05) is 37.3 Å². The molecule has 3 amide bonds. The summed E-state index contributed by atoms with van der Waals surface area (Å²) >= 11 is 0. The topological polar surface area (TPSA) is 126 Å². The second kappa shape index (κ2) is 6.36. The van der Waals surface area contributed by atoms with E-state index in [4.69, 9.17) is 0 Å². The molecular formula is C19H17N7O3. The van der Waals surface area contributed by atoms with Gasteiger partial charge in [-0.3, -0.25) is 19.7 Å². The Hall–Kier alpha value is -3.82. The molecule has 1 fully saturated rings. The van der Waals surface area contributed by atoms with Gasteiger partial charge in [0.15, 0.2) is 5.82 Å². The highest BCUT2D eigenvalue weighted by Crippen LogP contribution is 2.31. The Morgan fingerprint density at radius 3 is 2.79 bits per heavy atom. The number of imidazole rings is 1. The van der Waals surface area contributed by atoms with E-state index in [1.165, 1.54) is 4.90 Å². The SMILES string of the molecule is Cn1cc(-c2ccc3c(c2)CN(C2CCC(=O)NC2=O)C3=O)nc1-c1cn[nH]n1. The van der Waals surface area contributed by atoms with Crippen molar-refractivity contribution in [3.63, 3.8) is 0 Å².